The number of nitrogens with zero attached hydrogens (tertiary/aromatic N) is 2. The molecule has 17 heavy (non-hydrogen) atoms. The quantitative estimate of drug-likeness (QED) is 0.811. The molecule has 1 unspecified atom stereocenters. The highest BCUT2D eigenvalue weighted by Crippen LogP contribution is 2.25. The summed E-state index contributed by atoms with van der Waals surface area (Å²) in [6.07, 6.45) is 1.33. The number of aliphatic carboxylic acids is 1. The van der Waals surface area contributed by atoms with Crippen molar-refractivity contribution in [3.8, 4) is 0 Å². The lowest BCUT2D eigenvalue weighted by Gasteiger charge is -2.33. The van der Waals surface area contributed by atoms with Gasteiger partial charge in [-0.3, -0.25) is 9.69 Å². The topological polar surface area (TPSA) is 43.8 Å². The van der Waals surface area contributed by atoms with E-state index in [0.717, 1.165) is 32.6 Å². The first-order chi connectivity index (χ1) is 7.84. The summed E-state index contributed by atoms with van der Waals surface area (Å²) in [6, 6.07) is 0.152. The molecule has 1 aliphatic heterocycles. The van der Waals surface area contributed by atoms with E-state index < -0.39 is 5.97 Å². The number of likely N-dealkylation sites (N-methyl/N-ethyl adjacent to an activating group) is 1. The third-order valence-corrected chi connectivity index (χ3v) is 3.29. The second-order valence-electron chi connectivity index (χ2n) is 6.08. The summed E-state index contributed by atoms with van der Waals surface area (Å²) in [5.74, 6) is -0.691. The van der Waals surface area contributed by atoms with Crippen LogP contribution in [0.3, 0.4) is 0 Å². The van der Waals surface area contributed by atoms with Gasteiger partial charge in [-0.05, 0) is 25.4 Å². The van der Waals surface area contributed by atoms with Crippen molar-refractivity contribution >= 4 is 5.97 Å². The molecule has 0 aliphatic carbocycles. The molecule has 1 atom stereocenters. The zero-order valence-electron chi connectivity index (χ0n) is 11.6. The van der Waals surface area contributed by atoms with Crippen molar-refractivity contribution in [3.05, 3.63) is 0 Å². The second kappa shape index (κ2) is 5.83. The highest BCUT2D eigenvalue weighted by Gasteiger charge is 2.33. The summed E-state index contributed by atoms with van der Waals surface area (Å²) in [6.45, 7) is 10.5. The summed E-state index contributed by atoms with van der Waals surface area (Å²) in [5.41, 5.74) is 0.233. The minimum Gasteiger partial charge on any atom is -0.481 e. The van der Waals surface area contributed by atoms with E-state index in [1.54, 1.807) is 0 Å². The van der Waals surface area contributed by atoms with Gasteiger partial charge in [-0.2, -0.15) is 0 Å². The van der Waals surface area contributed by atoms with Crippen LogP contribution < -0.4 is 0 Å². The molecule has 4 heteroatoms. The number of rotatable bonds is 4. The first-order valence-corrected chi connectivity index (χ1v) is 6.48. The molecule has 0 bridgehead atoms. The summed E-state index contributed by atoms with van der Waals surface area (Å²) < 4.78 is 0. The van der Waals surface area contributed by atoms with Gasteiger partial charge < -0.3 is 10.0 Å². The maximum absolute atomic E-state index is 11.0. The van der Waals surface area contributed by atoms with Crippen LogP contribution in [0.25, 0.3) is 0 Å². The Morgan fingerprint density at radius 3 is 2.59 bits per heavy atom. The Bertz CT molecular complexity index is 266. The molecule has 1 N–H and O–H groups in total. The monoisotopic (exact) mass is 242 g/mol. The molecule has 4 nitrogen and oxygen atoms in total. The third-order valence-electron chi connectivity index (χ3n) is 3.29. The van der Waals surface area contributed by atoms with Crippen molar-refractivity contribution in [1.29, 1.82) is 0 Å². The molecule has 0 aromatic carbocycles. The first-order valence-electron chi connectivity index (χ1n) is 6.48. The van der Waals surface area contributed by atoms with E-state index in [4.69, 9.17) is 5.11 Å². The van der Waals surface area contributed by atoms with Gasteiger partial charge in [0.15, 0.2) is 0 Å². The van der Waals surface area contributed by atoms with Crippen molar-refractivity contribution in [1.82, 2.24) is 9.80 Å². The minimum absolute atomic E-state index is 0.152. The average Bonchev–Trinajstić information content (AvgIpc) is 2.22. The van der Waals surface area contributed by atoms with Gasteiger partial charge in [0, 0.05) is 25.7 Å². The molecule has 1 saturated heterocycles. The van der Waals surface area contributed by atoms with Crippen LogP contribution in [0.4, 0.5) is 0 Å². The molecular weight excluding hydrogens is 216 g/mol. The van der Waals surface area contributed by atoms with Crippen molar-refractivity contribution < 1.29 is 9.90 Å². The molecule has 0 spiro atoms. The Morgan fingerprint density at radius 1 is 1.41 bits per heavy atom. The zero-order valence-corrected chi connectivity index (χ0v) is 11.6. The van der Waals surface area contributed by atoms with Crippen molar-refractivity contribution in [2.24, 2.45) is 5.41 Å². The smallest absolute Gasteiger partial charge is 0.304 e. The Balaban J connectivity index is 2.79. The second-order valence-corrected chi connectivity index (χ2v) is 6.08. The van der Waals surface area contributed by atoms with Crippen molar-refractivity contribution in [2.45, 2.75) is 39.7 Å². The van der Waals surface area contributed by atoms with Gasteiger partial charge in [-0.15, -0.1) is 0 Å². The summed E-state index contributed by atoms with van der Waals surface area (Å²) >= 11 is 0. The highest BCUT2D eigenvalue weighted by molar-refractivity contribution is 5.67. The SMILES string of the molecule is CCCN1CC(C)(C)CN(C)CC1CC(=O)O. The molecule has 0 aromatic heterocycles. The molecule has 0 saturated carbocycles. The van der Waals surface area contributed by atoms with E-state index >= 15 is 0 Å². The van der Waals surface area contributed by atoms with Gasteiger partial charge in [0.05, 0.1) is 6.42 Å². The summed E-state index contributed by atoms with van der Waals surface area (Å²) in [7, 11) is 2.09. The van der Waals surface area contributed by atoms with Crippen molar-refractivity contribution in [2.75, 3.05) is 33.2 Å². The van der Waals surface area contributed by atoms with Gasteiger partial charge in [0.1, 0.15) is 0 Å². The van der Waals surface area contributed by atoms with Crippen LogP contribution in [-0.4, -0.2) is 60.1 Å². The van der Waals surface area contributed by atoms with Crippen LogP contribution in [0, 0.1) is 5.41 Å². The molecule has 1 rings (SSSR count). The lowest BCUT2D eigenvalue weighted by Crippen LogP contribution is -2.43. The molecule has 1 heterocycles. The van der Waals surface area contributed by atoms with Crippen LogP contribution in [0.5, 0.6) is 0 Å². The predicted octanol–water partition coefficient (Wildman–Crippen LogP) is 1.51. The van der Waals surface area contributed by atoms with Crippen molar-refractivity contribution in [3.63, 3.8) is 0 Å². The van der Waals surface area contributed by atoms with Crippen LogP contribution in [0.2, 0.25) is 0 Å². The van der Waals surface area contributed by atoms with Crippen LogP contribution >= 0.6 is 0 Å². The fourth-order valence-corrected chi connectivity index (χ4v) is 2.94. The number of carboxylic acid groups (broad SMARTS) is 1. The number of carbonyl (C=O) groups is 1. The molecule has 0 amide bonds. The van der Waals surface area contributed by atoms with Gasteiger partial charge in [0.2, 0.25) is 0 Å². The van der Waals surface area contributed by atoms with Gasteiger partial charge in [-0.25, -0.2) is 0 Å². The largest absolute Gasteiger partial charge is 0.481 e. The van der Waals surface area contributed by atoms with Gasteiger partial charge >= 0.3 is 5.97 Å². The average molecular weight is 242 g/mol. The van der Waals surface area contributed by atoms with Crippen LogP contribution in [0.15, 0.2) is 0 Å². The standard InChI is InChI=1S/C13H26N2O2/c1-5-6-15-10-13(2,3)9-14(4)8-11(15)7-12(16)17/h11H,5-10H2,1-4H3,(H,16,17). The molecule has 1 aliphatic rings. The van der Waals surface area contributed by atoms with E-state index in [-0.39, 0.29) is 17.9 Å². The maximum atomic E-state index is 11.0. The van der Waals surface area contributed by atoms with Gasteiger partial charge in [0.25, 0.3) is 0 Å². The van der Waals surface area contributed by atoms with Crippen LogP contribution in [-0.2, 0) is 4.79 Å². The molecule has 100 valence electrons. The van der Waals surface area contributed by atoms with E-state index in [9.17, 15) is 4.79 Å². The van der Waals surface area contributed by atoms with E-state index in [1.165, 1.54) is 0 Å². The summed E-state index contributed by atoms with van der Waals surface area (Å²) in [4.78, 5) is 15.6. The van der Waals surface area contributed by atoms with Gasteiger partial charge in [-0.1, -0.05) is 20.8 Å². The number of hydrogen-bond acceptors (Lipinski definition) is 3. The fourth-order valence-electron chi connectivity index (χ4n) is 2.94. The molecule has 1 fully saturated rings. The third kappa shape index (κ3) is 4.64. The Labute approximate surface area is 105 Å². The molecule has 0 aromatic rings. The molecule has 0 radical (unpaired) electrons. The Kier molecular flexibility index (Phi) is 4.95. The maximum Gasteiger partial charge on any atom is 0.304 e. The number of hydrogen-bond donors (Lipinski definition) is 1. The zero-order chi connectivity index (χ0) is 13.1. The lowest BCUT2D eigenvalue weighted by molar-refractivity contribution is -0.138. The predicted molar refractivity (Wildman–Crippen MR) is 69.2 cm³/mol. The van der Waals surface area contributed by atoms with E-state index in [1.807, 2.05) is 0 Å². The highest BCUT2D eigenvalue weighted by atomic mass is 16.4. The van der Waals surface area contributed by atoms with Crippen LogP contribution in [0.1, 0.15) is 33.6 Å². The molecular formula is C13H26N2O2. The van der Waals surface area contributed by atoms with E-state index in [2.05, 4.69) is 37.6 Å². The summed E-state index contributed by atoms with van der Waals surface area (Å²) in [5, 5.41) is 9.01. The lowest BCUT2D eigenvalue weighted by atomic mass is 9.92. The van der Waals surface area contributed by atoms with E-state index in [0.29, 0.717) is 0 Å². The normalized spacial score (nSPS) is 26.7. The Morgan fingerprint density at radius 2 is 2.06 bits per heavy atom. The Hall–Kier alpha value is -0.610. The fraction of sp³-hybridized carbons (Fsp3) is 0.923. The first kappa shape index (κ1) is 14.5. The number of carboxylic acids is 1. The minimum atomic E-state index is -0.691.